The van der Waals surface area contributed by atoms with Crippen molar-refractivity contribution in [1.82, 2.24) is 49.6 Å². The van der Waals surface area contributed by atoms with Crippen molar-refractivity contribution in [2.75, 3.05) is 76.5 Å². The lowest BCUT2D eigenvalue weighted by atomic mass is 9.90. The average Bonchev–Trinajstić information content (AvgIpc) is 4.04. The van der Waals surface area contributed by atoms with Gasteiger partial charge >= 0.3 is 5.97 Å². The molecule has 8 heterocycles. The Morgan fingerprint density at radius 2 is 1.44 bits per heavy atom. The first-order chi connectivity index (χ1) is 36.3. The maximum absolute atomic E-state index is 13.6. The summed E-state index contributed by atoms with van der Waals surface area (Å²) in [5, 5.41) is 9.58. The SMILES string of the molecule is Nc1ncc(-c2cnn(C3CCN(CC4CCN(CC5CCN(C(=O)C6CCN(C7=CC(=O)N(C8CCC(=O)NC8=O)C7=O)CC6)CC5)CC4)CC3)c2)nc1C(=O)O[C@@H](C(=O)Nc1ccc(F)cc1)c1ccccc1. The molecular weight excluding hydrogens is 964 g/mol. The Balaban J connectivity index is 0.631. The number of nitrogens with one attached hydrogen (secondary N) is 2. The standard InChI is InChI=1S/C54H63FN12O8/c55-39-6-8-40(9-7-39)59-51(71)48(36-4-2-1-3-5-36)75-54(74)47-49(56)57-30-42(60-47)38-29-58-66(33-38)41-18-22-63(23-19-41)31-34-12-20-62(21-13-34)32-35-14-24-65(25-15-35)52(72)37-16-26-64(27-17-37)44-28-46(69)67(53(44)73)43-10-11-45(68)61-50(43)70/h1-9,28-30,33-35,37,41,43,48H,10-27,31-32H2,(H2,56,57)(H,59,71)(H,61,68,70)/t43?,48-/m1/s1. The minimum absolute atomic E-state index is 0.0722. The third kappa shape index (κ3) is 11.8. The van der Waals surface area contributed by atoms with Gasteiger partial charge in [0.15, 0.2) is 11.5 Å². The van der Waals surface area contributed by atoms with Crippen molar-refractivity contribution in [1.29, 1.82) is 0 Å². The third-order valence-corrected chi connectivity index (χ3v) is 15.8. The number of hydrogen-bond donors (Lipinski definition) is 3. The van der Waals surface area contributed by atoms with E-state index in [9.17, 15) is 38.0 Å². The summed E-state index contributed by atoms with van der Waals surface area (Å²) >= 11 is 0. The number of amides is 6. The van der Waals surface area contributed by atoms with E-state index in [0.717, 1.165) is 82.9 Å². The Bertz CT molecular complexity index is 2810. The van der Waals surface area contributed by atoms with E-state index < -0.39 is 53.5 Å². The van der Waals surface area contributed by atoms with Crippen LogP contribution in [0.15, 0.2) is 85.0 Å². The van der Waals surface area contributed by atoms with Gasteiger partial charge in [-0.3, -0.25) is 43.7 Å². The molecule has 6 aliphatic rings. The topological polar surface area (TPSA) is 239 Å². The third-order valence-electron chi connectivity index (χ3n) is 15.8. The quantitative estimate of drug-likeness (QED) is 0.120. The fourth-order valence-corrected chi connectivity index (χ4v) is 11.5. The van der Waals surface area contributed by atoms with Gasteiger partial charge in [-0.1, -0.05) is 30.3 Å². The van der Waals surface area contributed by atoms with Crippen molar-refractivity contribution in [3.05, 3.63) is 102 Å². The Morgan fingerprint density at radius 1 is 0.787 bits per heavy atom. The van der Waals surface area contributed by atoms with Gasteiger partial charge in [0, 0.05) is 93.8 Å². The molecule has 0 bridgehead atoms. The number of nitrogens with two attached hydrogens (primary N) is 1. The van der Waals surface area contributed by atoms with Crippen LogP contribution in [0.2, 0.25) is 0 Å². The molecule has 6 amide bonds. The number of aromatic nitrogens is 4. The van der Waals surface area contributed by atoms with Gasteiger partial charge in [0.05, 0.1) is 24.1 Å². The predicted octanol–water partition coefficient (Wildman–Crippen LogP) is 3.96. The summed E-state index contributed by atoms with van der Waals surface area (Å²) in [6.45, 7) is 8.69. The zero-order chi connectivity index (χ0) is 52.2. The molecule has 6 aliphatic heterocycles. The van der Waals surface area contributed by atoms with Crippen LogP contribution in [-0.2, 0) is 33.5 Å². The highest BCUT2D eigenvalue weighted by Crippen LogP contribution is 2.32. The molecular formula is C54H63FN12O8. The molecule has 0 spiro atoms. The van der Waals surface area contributed by atoms with Gasteiger partial charge in [-0.15, -0.1) is 0 Å². The number of halogens is 1. The van der Waals surface area contributed by atoms with Crippen LogP contribution in [0.3, 0.4) is 0 Å². The number of nitrogen functional groups attached to an aromatic ring is 1. The molecule has 10 rings (SSSR count). The van der Waals surface area contributed by atoms with Crippen LogP contribution in [-0.4, -0.2) is 157 Å². The van der Waals surface area contributed by atoms with Gasteiger partial charge in [0.2, 0.25) is 23.8 Å². The number of esters is 1. The summed E-state index contributed by atoms with van der Waals surface area (Å²) in [6.07, 6.45) is 12.6. The van der Waals surface area contributed by atoms with Crippen molar-refractivity contribution >= 4 is 52.9 Å². The molecule has 2 aromatic carbocycles. The smallest absolute Gasteiger partial charge is 0.361 e. The molecule has 20 nitrogen and oxygen atoms in total. The highest BCUT2D eigenvalue weighted by atomic mass is 19.1. The largest absolute Gasteiger partial charge is 0.442 e. The number of carbonyl (C=O) groups excluding carboxylic acids is 7. The van der Waals surface area contributed by atoms with Gasteiger partial charge in [0.25, 0.3) is 17.7 Å². The summed E-state index contributed by atoms with van der Waals surface area (Å²) in [5.41, 5.74) is 7.95. The number of imide groups is 2. The van der Waals surface area contributed by atoms with E-state index in [2.05, 4.69) is 35.5 Å². The van der Waals surface area contributed by atoms with Crippen molar-refractivity contribution in [2.45, 2.75) is 82.4 Å². The molecule has 4 N–H and O–H groups in total. The second-order valence-corrected chi connectivity index (χ2v) is 20.7. The van der Waals surface area contributed by atoms with Crippen LogP contribution in [0.1, 0.15) is 92.4 Å². The van der Waals surface area contributed by atoms with Gasteiger partial charge < -0.3 is 35.4 Å². The molecule has 5 fully saturated rings. The monoisotopic (exact) mass is 1030 g/mol. The van der Waals surface area contributed by atoms with E-state index in [0.29, 0.717) is 60.3 Å². The lowest BCUT2D eigenvalue weighted by Crippen LogP contribution is -2.55. The molecule has 0 radical (unpaired) electrons. The van der Waals surface area contributed by atoms with E-state index in [1.807, 2.05) is 20.7 Å². The van der Waals surface area contributed by atoms with Crippen molar-refractivity contribution in [3.63, 3.8) is 0 Å². The van der Waals surface area contributed by atoms with Crippen molar-refractivity contribution in [3.8, 4) is 11.3 Å². The van der Waals surface area contributed by atoms with Crippen LogP contribution in [0.25, 0.3) is 11.3 Å². The molecule has 5 saturated heterocycles. The highest BCUT2D eigenvalue weighted by molar-refractivity contribution is 6.18. The molecule has 75 heavy (non-hydrogen) atoms. The molecule has 2 atom stereocenters. The number of rotatable bonds is 14. The number of hydrogen-bond acceptors (Lipinski definition) is 15. The van der Waals surface area contributed by atoms with Gasteiger partial charge in [-0.25, -0.2) is 19.2 Å². The van der Waals surface area contributed by atoms with Crippen LogP contribution < -0.4 is 16.4 Å². The lowest BCUT2D eigenvalue weighted by molar-refractivity contribution is -0.150. The minimum Gasteiger partial charge on any atom is -0.442 e. The Morgan fingerprint density at radius 3 is 2.11 bits per heavy atom. The van der Waals surface area contributed by atoms with Crippen molar-refractivity contribution in [2.24, 2.45) is 17.8 Å². The first-order valence-corrected chi connectivity index (χ1v) is 26.2. The van der Waals surface area contributed by atoms with Crippen LogP contribution in [0.4, 0.5) is 15.9 Å². The van der Waals surface area contributed by atoms with E-state index in [1.54, 1.807) is 36.5 Å². The number of ether oxygens (including phenoxy) is 1. The van der Waals surface area contributed by atoms with Crippen LogP contribution in [0.5, 0.6) is 0 Å². The second kappa shape index (κ2) is 22.6. The molecule has 2 aromatic heterocycles. The van der Waals surface area contributed by atoms with Gasteiger partial charge in [-0.05, 0) is 107 Å². The van der Waals surface area contributed by atoms with Crippen molar-refractivity contribution < 1.29 is 42.7 Å². The van der Waals surface area contributed by atoms with E-state index in [4.69, 9.17) is 10.5 Å². The maximum Gasteiger partial charge on any atom is 0.361 e. The fourth-order valence-electron chi connectivity index (χ4n) is 11.5. The summed E-state index contributed by atoms with van der Waals surface area (Å²) in [6, 6.07) is 13.0. The van der Waals surface area contributed by atoms with Gasteiger partial charge in [-0.2, -0.15) is 5.10 Å². The second-order valence-electron chi connectivity index (χ2n) is 20.7. The molecule has 0 aliphatic carbocycles. The summed E-state index contributed by atoms with van der Waals surface area (Å²) < 4.78 is 21.2. The number of anilines is 2. The molecule has 21 heteroatoms. The molecule has 0 saturated carbocycles. The first-order valence-electron chi connectivity index (χ1n) is 26.2. The summed E-state index contributed by atoms with van der Waals surface area (Å²) in [4.78, 5) is 110. The highest BCUT2D eigenvalue weighted by Gasteiger charge is 2.45. The van der Waals surface area contributed by atoms with Gasteiger partial charge in [0.1, 0.15) is 17.6 Å². The number of piperidine rings is 5. The summed E-state index contributed by atoms with van der Waals surface area (Å²) in [7, 11) is 0. The Kier molecular flexibility index (Phi) is 15.4. The fraction of sp³-hybridized carbons (Fsp3) is 0.481. The Hall–Kier alpha value is -7.39. The van der Waals surface area contributed by atoms with E-state index in [-0.39, 0.29) is 47.9 Å². The number of carbonyl (C=O) groups is 7. The summed E-state index contributed by atoms with van der Waals surface area (Å²) in [5.74, 6) is -3.04. The number of likely N-dealkylation sites (tertiary alicyclic amines) is 4. The lowest BCUT2D eigenvalue weighted by Gasteiger charge is -2.41. The Labute approximate surface area is 433 Å². The molecule has 1 unspecified atom stereocenters. The van der Waals surface area contributed by atoms with E-state index in [1.165, 1.54) is 49.4 Å². The van der Waals surface area contributed by atoms with Crippen LogP contribution in [0, 0.1) is 23.6 Å². The average molecular weight is 1030 g/mol. The number of nitrogens with zero attached hydrogens (tertiary/aromatic N) is 9. The predicted molar refractivity (Wildman–Crippen MR) is 271 cm³/mol. The molecule has 4 aromatic rings. The minimum atomic E-state index is -1.36. The normalized spacial score (nSPS) is 21.5. The zero-order valence-electron chi connectivity index (χ0n) is 41.9. The number of benzene rings is 2. The van der Waals surface area contributed by atoms with Crippen LogP contribution >= 0.6 is 0 Å². The first kappa shape index (κ1) is 51.1. The maximum atomic E-state index is 13.6. The molecule has 394 valence electrons. The zero-order valence-corrected chi connectivity index (χ0v) is 41.9. The van der Waals surface area contributed by atoms with E-state index >= 15 is 0 Å².